The maximum atomic E-state index is 12.5. The summed E-state index contributed by atoms with van der Waals surface area (Å²) in [5.74, 6) is -0.521. The number of rotatable bonds is 4. The maximum Gasteiger partial charge on any atom is 0.261 e. The molecule has 5 heteroatoms. The molecule has 2 heterocycles. The van der Waals surface area contributed by atoms with E-state index < -0.39 is 0 Å². The lowest BCUT2D eigenvalue weighted by Gasteiger charge is -2.16. The van der Waals surface area contributed by atoms with E-state index in [-0.39, 0.29) is 18.4 Å². The first-order valence-electron chi connectivity index (χ1n) is 8.71. The summed E-state index contributed by atoms with van der Waals surface area (Å²) < 4.78 is 0. The largest absolute Gasteiger partial charge is 0.295 e. The molecule has 26 heavy (non-hydrogen) atoms. The predicted molar refractivity (Wildman–Crippen MR) is 101 cm³/mol. The molecule has 0 N–H and O–H groups in total. The number of carbonyl (C=O) groups excluding carboxylic acids is 2. The summed E-state index contributed by atoms with van der Waals surface area (Å²) in [5, 5.41) is 0.607. The van der Waals surface area contributed by atoms with Crippen molar-refractivity contribution in [3.63, 3.8) is 0 Å². The number of fused-ring (bicyclic) bond motifs is 1. The molecule has 0 aromatic heterocycles. The number of halogens is 1. The van der Waals surface area contributed by atoms with Crippen molar-refractivity contribution in [2.45, 2.75) is 13.0 Å². The van der Waals surface area contributed by atoms with Crippen molar-refractivity contribution in [1.82, 2.24) is 9.80 Å². The molecule has 0 saturated carbocycles. The van der Waals surface area contributed by atoms with Gasteiger partial charge in [0, 0.05) is 24.7 Å². The monoisotopic (exact) mass is 366 g/mol. The minimum absolute atomic E-state index is 0.155. The lowest BCUT2D eigenvalue weighted by molar-refractivity contribution is 0.0670. The highest BCUT2D eigenvalue weighted by Gasteiger charge is 2.35. The van der Waals surface area contributed by atoms with Crippen LogP contribution in [0.2, 0.25) is 0 Å². The van der Waals surface area contributed by atoms with E-state index in [9.17, 15) is 9.59 Å². The van der Waals surface area contributed by atoms with Gasteiger partial charge < -0.3 is 0 Å². The molecule has 2 aromatic rings. The van der Waals surface area contributed by atoms with Crippen molar-refractivity contribution < 1.29 is 9.59 Å². The first kappa shape index (κ1) is 17.0. The summed E-state index contributed by atoms with van der Waals surface area (Å²) in [6, 6.07) is 17.2. The predicted octanol–water partition coefficient (Wildman–Crippen LogP) is 3.68. The quantitative estimate of drug-likeness (QED) is 0.775. The first-order valence-corrected chi connectivity index (χ1v) is 9.09. The Labute approximate surface area is 157 Å². The van der Waals surface area contributed by atoms with E-state index in [1.54, 1.807) is 24.3 Å². The van der Waals surface area contributed by atoms with E-state index in [2.05, 4.69) is 17.0 Å². The number of likely N-dealkylation sites (tertiary alicyclic amines) is 1. The van der Waals surface area contributed by atoms with E-state index >= 15 is 0 Å². The minimum atomic E-state index is -0.261. The SMILES string of the molecule is O=C1c2ccccc2C(=O)N1CC(Cl)=C1CCN(Cc2ccccc2)C1. The highest BCUT2D eigenvalue weighted by molar-refractivity contribution is 6.31. The Balaban J connectivity index is 1.44. The molecule has 0 spiro atoms. The molecule has 0 radical (unpaired) electrons. The maximum absolute atomic E-state index is 12.5. The van der Waals surface area contributed by atoms with Gasteiger partial charge in [0.2, 0.25) is 0 Å². The fourth-order valence-electron chi connectivity index (χ4n) is 3.55. The molecule has 0 unspecified atom stereocenters. The van der Waals surface area contributed by atoms with Crippen molar-refractivity contribution in [3.05, 3.63) is 81.9 Å². The van der Waals surface area contributed by atoms with Gasteiger partial charge in [-0.25, -0.2) is 0 Å². The van der Waals surface area contributed by atoms with Crippen LogP contribution in [0.25, 0.3) is 0 Å². The molecular formula is C21H19ClN2O2. The molecule has 4 nitrogen and oxygen atoms in total. The molecule has 0 bridgehead atoms. The second-order valence-electron chi connectivity index (χ2n) is 6.70. The lowest BCUT2D eigenvalue weighted by Crippen LogP contribution is -2.31. The number of imide groups is 1. The molecule has 2 aliphatic heterocycles. The van der Waals surface area contributed by atoms with Gasteiger partial charge >= 0.3 is 0 Å². The Kier molecular flexibility index (Phi) is 4.62. The van der Waals surface area contributed by atoms with E-state index in [1.165, 1.54) is 10.5 Å². The molecule has 0 atom stereocenters. The van der Waals surface area contributed by atoms with Crippen LogP contribution < -0.4 is 0 Å². The summed E-state index contributed by atoms with van der Waals surface area (Å²) in [5.41, 5.74) is 3.30. The minimum Gasteiger partial charge on any atom is -0.295 e. The molecule has 2 aromatic carbocycles. The highest BCUT2D eigenvalue weighted by atomic mass is 35.5. The van der Waals surface area contributed by atoms with Gasteiger partial charge in [0.15, 0.2) is 0 Å². The molecule has 1 fully saturated rings. The van der Waals surface area contributed by atoms with Crippen molar-refractivity contribution in [1.29, 1.82) is 0 Å². The topological polar surface area (TPSA) is 40.6 Å². The van der Waals surface area contributed by atoms with Gasteiger partial charge in [-0.3, -0.25) is 19.4 Å². The van der Waals surface area contributed by atoms with Gasteiger partial charge in [-0.1, -0.05) is 54.1 Å². The molecule has 4 rings (SSSR count). The number of carbonyl (C=O) groups is 2. The van der Waals surface area contributed by atoms with Crippen LogP contribution in [0.5, 0.6) is 0 Å². The van der Waals surface area contributed by atoms with Crippen LogP contribution in [0, 0.1) is 0 Å². The second kappa shape index (κ2) is 7.06. The number of amides is 2. The van der Waals surface area contributed by atoms with Gasteiger partial charge in [0.1, 0.15) is 0 Å². The Morgan fingerprint density at radius 2 is 1.54 bits per heavy atom. The summed E-state index contributed by atoms with van der Waals surface area (Å²) in [6.07, 6.45) is 0.870. The zero-order valence-electron chi connectivity index (χ0n) is 14.3. The fourth-order valence-corrected chi connectivity index (χ4v) is 3.83. The van der Waals surface area contributed by atoms with Crippen LogP contribution in [0.4, 0.5) is 0 Å². The van der Waals surface area contributed by atoms with E-state index in [1.807, 2.05) is 18.2 Å². The third kappa shape index (κ3) is 3.18. The lowest BCUT2D eigenvalue weighted by atomic mass is 10.1. The Morgan fingerprint density at radius 1 is 0.923 bits per heavy atom. The van der Waals surface area contributed by atoms with Gasteiger partial charge in [-0.2, -0.15) is 0 Å². The molecule has 0 aliphatic carbocycles. The number of benzene rings is 2. The van der Waals surface area contributed by atoms with Gasteiger partial charge in [0.25, 0.3) is 11.8 Å². The van der Waals surface area contributed by atoms with Crippen molar-refractivity contribution >= 4 is 23.4 Å². The fraction of sp³-hybridized carbons (Fsp3) is 0.238. The molecular weight excluding hydrogens is 348 g/mol. The third-order valence-corrected chi connectivity index (χ3v) is 5.34. The zero-order valence-corrected chi connectivity index (χ0v) is 15.1. The molecule has 1 saturated heterocycles. The van der Waals surface area contributed by atoms with Crippen molar-refractivity contribution in [3.8, 4) is 0 Å². The third-order valence-electron chi connectivity index (χ3n) is 4.95. The number of hydrogen-bond donors (Lipinski definition) is 0. The second-order valence-corrected chi connectivity index (χ2v) is 7.15. The Morgan fingerprint density at radius 3 is 2.19 bits per heavy atom. The molecule has 2 aliphatic rings. The van der Waals surface area contributed by atoms with Crippen molar-refractivity contribution in [2.75, 3.05) is 19.6 Å². The van der Waals surface area contributed by atoms with Crippen LogP contribution in [-0.2, 0) is 6.54 Å². The van der Waals surface area contributed by atoms with Crippen LogP contribution >= 0.6 is 11.6 Å². The van der Waals surface area contributed by atoms with Gasteiger partial charge in [-0.15, -0.1) is 0 Å². The van der Waals surface area contributed by atoms with E-state index in [0.717, 1.165) is 31.6 Å². The molecule has 2 amide bonds. The van der Waals surface area contributed by atoms with Crippen LogP contribution in [0.15, 0.2) is 65.2 Å². The van der Waals surface area contributed by atoms with E-state index in [0.29, 0.717) is 16.2 Å². The van der Waals surface area contributed by atoms with Gasteiger partial charge in [-0.05, 0) is 29.7 Å². The van der Waals surface area contributed by atoms with Crippen LogP contribution in [-0.4, -0.2) is 41.2 Å². The summed E-state index contributed by atoms with van der Waals surface area (Å²) >= 11 is 6.52. The Hall–Kier alpha value is -2.43. The number of hydrogen-bond acceptors (Lipinski definition) is 3. The number of nitrogens with zero attached hydrogens (tertiary/aromatic N) is 2. The van der Waals surface area contributed by atoms with Crippen LogP contribution in [0.1, 0.15) is 32.7 Å². The summed E-state index contributed by atoms with van der Waals surface area (Å²) in [7, 11) is 0. The van der Waals surface area contributed by atoms with Crippen LogP contribution in [0.3, 0.4) is 0 Å². The standard InChI is InChI=1S/C21H19ClN2O2/c22-19(14-24-20(25)17-8-4-5-9-18(17)21(24)26)16-10-11-23(13-16)12-15-6-2-1-3-7-15/h1-9H,10-14H2. The van der Waals surface area contributed by atoms with E-state index in [4.69, 9.17) is 11.6 Å². The van der Waals surface area contributed by atoms with Crippen molar-refractivity contribution in [2.24, 2.45) is 0 Å². The van der Waals surface area contributed by atoms with Gasteiger partial charge in [0.05, 0.1) is 17.7 Å². The highest BCUT2D eigenvalue weighted by Crippen LogP contribution is 2.28. The summed E-state index contributed by atoms with van der Waals surface area (Å²) in [6.45, 7) is 2.74. The average Bonchev–Trinajstić information content (AvgIpc) is 3.22. The molecule has 132 valence electrons. The normalized spacial score (nSPS) is 19.2. The smallest absolute Gasteiger partial charge is 0.261 e. The zero-order chi connectivity index (χ0) is 18.1. The summed E-state index contributed by atoms with van der Waals surface area (Å²) in [4.78, 5) is 28.5. The Bertz CT molecular complexity index is 857. The average molecular weight is 367 g/mol. The first-order chi connectivity index (χ1) is 12.6.